The van der Waals surface area contributed by atoms with Gasteiger partial charge in [-0.3, -0.25) is 0 Å². The van der Waals surface area contributed by atoms with Gasteiger partial charge in [-0.05, 0) is 24.1 Å². The molecule has 2 heteroatoms. The lowest BCUT2D eigenvalue weighted by Gasteiger charge is -1.98. The van der Waals surface area contributed by atoms with Crippen LogP contribution >= 0.6 is 15.9 Å². The Morgan fingerprint density at radius 2 is 2.25 bits per heavy atom. The number of aryl methyl sites for hydroxylation is 1. The number of hydrogen-bond donors (Lipinski definition) is 1. The third-order valence-corrected chi connectivity index (χ3v) is 2.47. The van der Waals surface area contributed by atoms with Gasteiger partial charge in [0.05, 0.1) is 6.61 Å². The van der Waals surface area contributed by atoms with Crippen LogP contribution in [0.2, 0.25) is 0 Å². The third-order valence-electron chi connectivity index (χ3n) is 1.61. The number of benzene rings is 1. The zero-order valence-electron chi connectivity index (χ0n) is 6.92. The van der Waals surface area contributed by atoms with Crippen LogP contribution in [0.15, 0.2) is 28.7 Å². The summed E-state index contributed by atoms with van der Waals surface area (Å²) < 4.78 is 1.10. The van der Waals surface area contributed by atoms with E-state index in [1.165, 1.54) is 5.56 Å². The van der Waals surface area contributed by atoms with Gasteiger partial charge in [0.1, 0.15) is 0 Å². The van der Waals surface area contributed by atoms with E-state index in [1.807, 2.05) is 31.2 Å². The Morgan fingerprint density at radius 1 is 1.50 bits per heavy atom. The standard InChI is InChI=1S/C10H11BrO/c1-8-4-5-9(3-2-6-12)7-10(8)11/h2-5,7,12H,6H2,1H3/b3-2+. The molecule has 1 aromatic rings. The molecule has 0 aromatic heterocycles. The summed E-state index contributed by atoms with van der Waals surface area (Å²) in [6.45, 7) is 2.13. The van der Waals surface area contributed by atoms with E-state index < -0.39 is 0 Å². The lowest BCUT2D eigenvalue weighted by molar-refractivity contribution is 0.343. The van der Waals surface area contributed by atoms with Crippen molar-refractivity contribution in [2.24, 2.45) is 0 Å². The minimum absolute atomic E-state index is 0.0888. The number of hydrogen-bond acceptors (Lipinski definition) is 1. The Balaban J connectivity index is 2.89. The second-order valence-corrected chi connectivity index (χ2v) is 3.45. The molecule has 1 rings (SSSR count). The molecule has 0 aliphatic rings. The molecule has 0 aliphatic heterocycles. The van der Waals surface area contributed by atoms with E-state index in [0.29, 0.717) is 0 Å². The molecule has 0 radical (unpaired) electrons. The van der Waals surface area contributed by atoms with Gasteiger partial charge in [-0.25, -0.2) is 0 Å². The normalized spacial score (nSPS) is 10.9. The van der Waals surface area contributed by atoms with E-state index in [-0.39, 0.29) is 6.61 Å². The molecule has 1 nitrogen and oxygen atoms in total. The lowest BCUT2D eigenvalue weighted by atomic mass is 10.1. The average Bonchev–Trinajstić information content (AvgIpc) is 2.07. The minimum Gasteiger partial charge on any atom is -0.392 e. The molecule has 64 valence electrons. The highest BCUT2D eigenvalue weighted by Gasteiger charge is 1.93. The molecule has 0 saturated carbocycles. The maximum atomic E-state index is 8.55. The van der Waals surface area contributed by atoms with Crippen LogP contribution in [0.1, 0.15) is 11.1 Å². The fourth-order valence-corrected chi connectivity index (χ4v) is 1.30. The van der Waals surface area contributed by atoms with Gasteiger partial charge in [0.2, 0.25) is 0 Å². The smallest absolute Gasteiger partial charge is 0.0615 e. The molecular formula is C10H11BrO. The van der Waals surface area contributed by atoms with Crippen LogP contribution < -0.4 is 0 Å². The zero-order chi connectivity index (χ0) is 8.97. The molecule has 1 N–H and O–H groups in total. The van der Waals surface area contributed by atoms with E-state index in [0.717, 1.165) is 10.0 Å². The molecule has 0 aliphatic carbocycles. The largest absolute Gasteiger partial charge is 0.392 e. The summed E-state index contributed by atoms with van der Waals surface area (Å²) in [6, 6.07) is 6.09. The first-order chi connectivity index (χ1) is 5.74. The fourth-order valence-electron chi connectivity index (χ4n) is 0.902. The number of rotatable bonds is 2. The molecule has 0 heterocycles. The summed E-state index contributed by atoms with van der Waals surface area (Å²) in [5.41, 5.74) is 2.32. The minimum atomic E-state index is 0.0888. The summed E-state index contributed by atoms with van der Waals surface area (Å²) in [5, 5.41) is 8.55. The van der Waals surface area contributed by atoms with Crippen LogP contribution in [-0.4, -0.2) is 11.7 Å². The van der Waals surface area contributed by atoms with Gasteiger partial charge in [0.25, 0.3) is 0 Å². The number of aliphatic hydroxyl groups excluding tert-OH is 1. The van der Waals surface area contributed by atoms with Crippen molar-refractivity contribution < 1.29 is 5.11 Å². The predicted molar refractivity (Wildman–Crippen MR) is 55.0 cm³/mol. The van der Waals surface area contributed by atoms with E-state index in [2.05, 4.69) is 15.9 Å². The zero-order valence-corrected chi connectivity index (χ0v) is 8.51. The Labute approximate surface area is 80.9 Å². The van der Waals surface area contributed by atoms with E-state index in [1.54, 1.807) is 6.08 Å². The highest BCUT2D eigenvalue weighted by atomic mass is 79.9. The molecule has 0 spiro atoms. The van der Waals surface area contributed by atoms with Crippen LogP contribution in [0.25, 0.3) is 6.08 Å². The van der Waals surface area contributed by atoms with Crippen molar-refractivity contribution in [3.63, 3.8) is 0 Å². The van der Waals surface area contributed by atoms with Gasteiger partial charge < -0.3 is 5.11 Å². The third kappa shape index (κ3) is 2.47. The molecule has 0 fully saturated rings. The molecular weight excluding hydrogens is 216 g/mol. The highest BCUT2D eigenvalue weighted by Crippen LogP contribution is 2.17. The molecule has 0 amide bonds. The van der Waals surface area contributed by atoms with Crippen molar-refractivity contribution in [3.05, 3.63) is 39.9 Å². The fraction of sp³-hybridized carbons (Fsp3) is 0.200. The lowest BCUT2D eigenvalue weighted by Crippen LogP contribution is -1.78. The molecule has 0 bridgehead atoms. The van der Waals surface area contributed by atoms with Crippen LogP contribution in [0.5, 0.6) is 0 Å². The number of aliphatic hydroxyl groups is 1. The van der Waals surface area contributed by atoms with Crippen molar-refractivity contribution in [2.75, 3.05) is 6.61 Å². The van der Waals surface area contributed by atoms with Crippen molar-refractivity contribution in [2.45, 2.75) is 6.92 Å². The first-order valence-electron chi connectivity index (χ1n) is 3.77. The van der Waals surface area contributed by atoms with Gasteiger partial charge in [0, 0.05) is 4.47 Å². The number of halogens is 1. The second-order valence-electron chi connectivity index (χ2n) is 2.59. The van der Waals surface area contributed by atoms with Crippen LogP contribution in [0.4, 0.5) is 0 Å². The SMILES string of the molecule is Cc1ccc(/C=C/CO)cc1Br. The Bertz CT molecular complexity index is 292. The Kier molecular flexibility index (Phi) is 3.50. The van der Waals surface area contributed by atoms with Crippen LogP contribution in [-0.2, 0) is 0 Å². The Morgan fingerprint density at radius 3 is 2.83 bits per heavy atom. The summed E-state index contributed by atoms with van der Waals surface area (Å²) in [4.78, 5) is 0. The van der Waals surface area contributed by atoms with Gasteiger partial charge in [-0.2, -0.15) is 0 Å². The summed E-state index contributed by atoms with van der Waals surface area (Å²) >= 11 is 3.44. The first kappa shape index (κ1) is 9.49. The van der Waals surface area contributed by atoms with Crippen LogP contribution in [0, 0.1) is 6.92 Å². The van der Waals surface area contributed by atoms with Gasteiger partial charge in [-0.1, -0.05) is 40.2 Å². The van der Waals surface area contributed by atoms with Crippen molar-refractivity contribution in [1.82, 2.24) is 0 Å². The summed E-state index contributed by atoms with van der Waals surface area (Å²) in [7, 11) is 0. The quantitative estimate of drug-likeness (QED) is 0.823. The van der Waals surface area contributed by atoms with Crippen LogP contribution in [0.3, 0.4) is 0 Å². The van der Waals surface area contributed by atoms with Crippen molar-refractivity contribution >= 4 is 22.0 Å². The van der Waals surface area contributed by atoms with Gasteiger partial charge in [-0.15, -0.1) is 0 Å². The average molecular weight is 227 g/mol. The summed E-state index contributed by atoms with van der Waals surface area (Å²) in [6.07, 6.45) is 3.61. The second kappa shape index (κ2) is 4.43. The first-order valence-corrected chi connectivity index (χ1v) is 4.57. The summed E-state index contributed by atoms with van der Waals surface area (Å²) in [5.74, 6) is 0. The van der Waals surface area contributed by atoms with E-state index in [4.69, 9.17) is 5.11 Å². The maximum Gasteiger partial charge on any atom is 0.0615 e. The highest BCUT2D eigenvalue weighted by molar-refractivity contribution is 9.10. The van der Waals surface area contributed by atoms with E-state index >= 15 is 0 Å². The van der Waals surface area contributed by atoms with E-state index in [9.17, 15) is 0 Å². The topological polar surface area (TPSA) is 20.2 Å². The molecule has 0 saturated heterocycles. The Hall–Kier alpha value is -0.600. The van der Waals surface area contributed by atoms with Crippen molar-refractivity contribution in [3.8, 4) is 0 Å². The molecule has 1 aromatic carbocycles. The van der Waals surface area contributed by atoms with Crippen molar-refractivity contribution in [1.29, 1.82) is 0 Å². The molecule has 0 unspecified atom stereocenters. The molecule has 12 heavy (non-hydrogen) atoms. The maximum absolute atomic E-state index is 8.55. The van der Waals surface area contributed by atoms with Gasteiger partial charge >= 0.3 is 0 Å². The molecule has 0 atom stereocenters. The monoisotopic (exact) mass is 226 g/mol. The predicted octanol–water partition coefficient (Wildman–Crippen LogP) is 2.76. The van der Waals surface area contributed by atoms with Gasteiger partial charge in [0.15, 0.2) is 0 Å².